The lowest BCUT2D eigenvalue weighted by Crippen LogP contribution is -2.52. The van der Waals surface area contributed by atoms with Gasteiger partial charge in [-0.3, -0.25) is 10.1 Å². The number of hydrogen-bond donors (Lipinski definition) is 2. The van der Waals surface area contributed by atoms with Crippen molar-refractivity contribution in [3.8, 4) is 0 Å². The van der Waals surface area contributed by atoms with E-state index in [9.17, 15) is 9.90 Å². The molecule has 0 aromatic rings. The zero-order valence-corrected chi connectivity index (χ0v) is 12.9. The Bertz CT molecular complexity index is 286. The van der Waals surface area contributed by atoms with Crippen molar-refractivity contribution in [1.29, 1.82) is 0 Å². The zero-order valence-electron chi connectivity index (χ0n) is 12.9. The van der Waals surface area contributed by atoms with Crippen molar-refractivity contribution >= 4 is 5.97 Å². The molecule has 4 nitrogen and oxygen atoms in total. The highest BCUT2D eigenvalue weighted by atomic mass is 16.4. The van der Waals surface area contributed by atoms with Crippen molar-refractivity contribution in [3.63, 3.8) is 0 Å². The molecule has 1 atom stereocenters. The molecule has 1 heterocycles. The first-order valence-corrected chi connectivity index (χ1v) is 7.57. The number of nitrogens with one attached hydrogen (secondary N) is 1. The van der Waals surface area contributed by atoms with Crippen LogP contribution < -0.4 is 5.32 Å². The number of carboxylic acid groups (broad SMARTS) is 1. The van der Waals surface area contributed by atoms with Gasteiger partial charge in [0.2, 0.25) is 0 Å². The average molecular weight is 270 g/mol. The Kier molecular flexibility index (Phi) is 6.27. The van der Waals surface area contributed by atoms with E-state index >= 15 is 0 Å². The van der Waals surface area contributed by atoms with E-state index in [1.807, 2.05) is 13.8 Å². The number of nitrogens with zero attached hydrogens (tertiary/aromatic N) is 1. The second kappa shape index (κ2) is 7.25. The fraction of sp³-hybridized carbons (Fsp3) is 0.933. The minimum atomic E-state index is -0.794. The summed E-state index contributed by atoms with van der Waals surface area (Å²) in [4.78, 5) is 13.9. The van der Waals surface area contributed by atoms with E-state index in [0.717, 1.165) is 18.9 Å². The molecule has 0 aliphatic carbocycles. The van der Waals surface area contributed by atoms with E-state index < -0.39 is 11.5 Å². The van der Waals surface area contributed by atoms with Crippen LogP contribution in [0.25, 0.3) is 0 Å². The second-order valence-electron chi connectivity index (χ2n) is 6.56. The van der Waals surface area contributed by atoms with E-state index in [1.54, 1.807) is 6.92 Å². The predicted molar refractivity (Wildman–Crippen MR) is 78.4 cm³/mol. The standard InChI is InChI=1S/C15H30N2O2/c1-12(2)16-15(4,14(18)19)8-5-9-17-10-6-13(3)7-11-17/h12-13,16H,5-11H2,1-4H3,(H,18,19). The van der Waals surface area contributed by atoms with Gasteiger partial charge in [0.25, 0.3) is 0 Å². The molecule has 1 aliphatic heterocycles. The topological polar surface area (TPSA) is 52.6 Å². The highest BCUT2D eigenvalue weighted by Gasteiger charge is 2.33. The van der Waals surface area contributed by atoms with E-state index in [-0.39, 0.29) is 6.04 Å². The zero-order chi connectivity index (χ0) is 14.5. The van der Waals surface area contributed by atoms with Crippen LogP contribution >= 0.6 is 0 Å². The van der Waals surface area contributed by atoms with E-state index in [0.29, 0.717) is 6.42 Å². The third-order valence-electron chi connectivity index (χ3n) is 4.11. The lowest BCUT2D eigenvalue weighted by molar-refractivity contribution is -0.144. The van der Waals surface area contributed by atoms with Crippen LogP contribution in [0.5, 0.6) is 0 Å². The third-order valence-corrected chi connectivity index (χ3v) is 4.11. The fourth-order valence-electron chi connectivity index (χ4n) is 2.82. The van der Waals surface area contributed by atoms with Crippen LogP contribution in [0, 0.1) is 5.92 Å². The Labute approximate surface area is 117 Å². The van der Waals surface area contributed by atoms with Crippen molar-refractivity contribution in [2.75, 3.05) is 19.6 Å². The number of rotatable bonds is 7. The van der Waals surface area contributed by atoms with Crippen molar-refractivity contribution in [1.82, 2.24) is 10.2 Å². The summed E-state index contributed by atoms with van der Waals surface area (Å²) in [6, 6.07) is 0.192. The third kappa shape index (κ3) is 5.49. The number of likely N-dealkylation sites (tertiary alicyclic amines) is 1. The normalized spacial score (nSPS) is 21.5. The summed E-state index contributed by atoms with van der Waals surface area (Å²) in [5.41, 5.74) is -0.794. The molecule has 112 valence electrons. The molecular weight excluding hydrogens is 240 g/mol. The minimum absolute atomic E-state index is 0.192. The Balaban J connectivity index is 2.34. The summed E-state index contributed by atoms with van der Waals surface area (Å²) < 4.78 is 0. The highest BCUT2D eigenvalue weighted by molar-refractivity contribution is 5.78. The Morgan fingerprint density at radius 3 is 2.47 bits per heavy atom. The van der Waals surface area contributed by atoms with Gasteiger partial charge < -0.3 is 10.0 Å². The molecule has 2 N–H and O–H groups in total. The molecule has 0 saturated carbocycles. The van der Waals surface area contributed by atoms with Crippen LogP contribution in [0.2, 0.25) is 0 Å². The van der Waals surface area contributed by atoms with Gasteiger partial charge in [0.05, 0.1) is 0 Å². The first-order valence-electron chi connectivity index (χ1n) is 7.57. The number of piperidine rings is 1. The molecule has 1 fully saturated rings. The van der Waals surface area contributed by atoms with Gasteiger partial charge in [0.15, 0.2) is 0 Å². The number of carbonyl (C=O) groups is 1. The van der Waals surface area contributed by atoms with Crippen LogP contribution in [0.3, 0.4) is 0 Å². The van der Waals surface area contributed by atoms with Gasteiger partial charge in [-0.05, 0) is 72.0 Å². The first kappa shape index (κ1) is 16.4. The van der Waals surface area contributed by atoms with Gasteiger partial charge in [0, 0.05) is 6.04 Å². The molecule has 0 radical (unpaired) electrons. The van der Waals surface area contributed by atoms with Gasteiger partial charge in [-0.25, -0.2) is 0 Å². The van der Waals surface area contributed by atoms with E-state index in [2.05, 4.69) is 17.1 Å². The Morgan fingerprint density at radius 2 is 2.00 bits per heavy atom. The molecule has 19 heavy (non-hydrogen) atoms. The van der Waals surface area contributed by atoms with Crippen LogP contribution in [0.15, 0.2) is 0 Å². The largest absolute Gasteiger partial charge is 0.480 e. The summed E-state index contributed by atoms with van der Waals surface area (Å²) >= 11 is 0. The maximum absolute atomic E-state index is 11.4. The lowest BCUT2D eigenvalue weighted by Gasteiger charge is -2.32. The number of carboxylic acids is 1. The maximum Gasteiger partial charge on any atom is 0.323 e. The van der Waals surface area contributed by atoms with Crippen molar-refractivity contribution in [2.24, 2.45) is 5.92 Å². The van der Waals surface area contributed by atoms with Crippen LogP contribution in [-0.4, -0.2) is 47.2 Å². The second-order valence-corrected chi connectivity index (χ2v) is 6.56. The highest BCUT2D eigenvalue weighted by Crippen LogP contribution is 2.18. The van der Waals surface area contributed by atoms with Crippen molar-refractivity contribution in [2.45, 2.75) is 65.0 Å². The molecule has 1 unspecified atom stereocenters. The molecule has 0 aromatic heterocycles. The van der Waals surface area contributed by atoms with Crippen molar-refractivity contribution in [3.05, 3.63) is 0 Å². The number of aliphatic carboxylic acids is 1. The van der Waals surface area contributed by atoms with Gasteiger partial charge in [-0.1, -0.05) is 6.92 Å². The summed E-state index contributed by atoms with van der Waals surface area (Å²) in [5.74, 6) is 0.108. The predicted octanol–water partition coefficient (Wildman–Crippen LogP) is 2.34. The average Bonchev–Trinajstić information content (AvgIpc) is 2.30. The molecule has 0 amide bonds. The van der Waals surface area contributed by atoms with Crippen LogP contribution in [-0.2, 0) is 4.79 Å². The minimum Gasteiger partial charge on any atom is -0.480 e. The molecule has 1 aliphatic rings. The molecule has 1 rings (SSSR count). The summed E-state index contributed by atoms with van der Waals surface area (Å²) in [6.07, 6.45) is 4.18. The lowest BCUT2D eigenvalue weighted by atomic mass is 9.94. The molecular formula is C15H30N2O2. The fourth-order valence-corrected chi connectivity index (χ4v) is 2.82. The molecule has 4 heteroatoms. The SMILES string of the molecule is CC1CCN(CCCC(C)(NC(C)C)C(=O)O)CC1. The molecule has 0 spiro atoms. The summed E-state index contributed by atoms with van der Waals surface area (Å²) in [5, 5.41) is 12.6. The van der Waals surface area contributed by atoms with Gasteiger partial charge in [-0.2, -0.15) is 0 Å². The molecule has 1 saturated heterocycles. The van der Waals surface area contributed by atoms with E-state index in [4.69, 9.17) is 0 Å². The molecule has 0 aromatic carbocycles. The monoisotopic (exact) mass is 270 g/mol. The molecule has 0 bridgehead atoms. The van der Waals surface area contributed by atoms with E-state index in [1.165, 1.54) is 25.9 Å². The van der Waals surface area contributed by atoms with Crippen LogP contribution in [0.4, 0.5) is 0 Å². The van der Waals surface area contributed by atoms with Crippen molar-refractivity contribution < 1.29 is 9.90 Å². The number of hydrogen-bond acceptors (Lipinski definition) is 3. The summed E-state index contributed by atoms with van der Waals surface area (Å²) in [6.45, 7) is 11.5. The van der Waals surface area contributed by atoms with Crippen LogP contribution in [0.1, 0.15) is 53.4 Å². The summed E-state index contributed by atoms with van der Waals surface area (Å²) in [7, 11) is 0. The Morgan fingerprint density at radius 1 is 1.42 bits per heavy atom. The van der Waals surface area contributed by atoms with Gasteiger partial charge in [0.1, 0.15) is 5.54 Å². The van der Waals surface area contributed by atoms with Gasteiger partial charge >= 0.3 is 5.97 Å². The quantitative estimate of drug-likeness (QED) is 0.745. The van der Waals surface area contributed by atoms with Gasteiger partial charge in [-0.15, -0.1) is 0 Å². The Hall–Kier alpha value is -0.610. The maximum atomic E-state index is 11.4. The smallest absolute Gasteiger partial charge is 0.323 e. The first-order chi connectivity index (χ1) is 8.83.